The second-order valence-electron chi connectivity index (χ2n) is 5.79. The van der Waals surface area contributed by atoms with Gasteiger partial charge in [0.1, 0.15) is 0 Å². The van der Waals surface area contributed by atoms with E-state index in [4.69, 9.17) is 0 Å². The third-order valence-electron chi connectivity index (χ3n) is 3.71. The Kier molecular flexibility index (Phi) is 4.64. The Bertz CT molecular complexity index is 1130. The molecule has 0 unspecified atom stereocenters. The van der Waals surface area contributed by atoms with E-state index in [1.54, 1.807) is 0 Å². The maximum absolute atomic E-state index is 12.6. The van der Waals surface area contributed by atoms with Crippen molar-refractivity contribution >= 4 is 9.84 Å². The van der Waals surface area contributed by atoms with Crippen molar-refractivity contribution in [2.24, 2.45) is 0 Å². The van der Waals surface area contributed by atoms with E-state index in [0.29, 0.717) is 5.56 Å². The number of hydrogen-bond donors (Lipinski definition) is 1. The first-order chi connectivity index (χ1) is 12.6. The van der Waals surface area contributed by atoms with Crippen LogP contribution in [0, 0.1) is 0 Å². The lowest BCUT2D eigenvalue weighted by Gasteiger charge is -2.09. The summed E-state index contributed by atoms with van der Waals surface area (Å²) in [5.41, 5.74) is -0.720. The monoisotopic (exact) mass is 398 g/mol. The van der Waals surface area contributed by atoms with Gasteiger partial charge in [0.25, 0.3) is 5.56 Å². The Morgan fingerprint density at radius 3 is 2.37 bits per heavy atom. The zero-order chi connectivity index (χ0) is 19.8. The Morgan fingerprint density at radius 1 is 1.15 bits per heavy atom. The van der Waals surface area contributed by atoms with Gasteiger partial charge in [-0.3, -0.25) is 4.79 Å². The molecule has 0 aliphatic rings. The number of nitrogens with one attached hydrogen (secondary N) is 1. The highest BCUT2D eigenvalue weighted by molar-refractivity contribution is 7.90. The fourth-order valence-electron chi connectivity index (χ4n) is 2.36. The number of aromatic nitrogens is 4. The van der Waals surface area contributed by atoms with Gasteiger partial charge in [-0.15, -0.1) is 0 Å². The fraction of sp³-hybridized carbons (Fsp3) is 0.188. The molecule has 27 heavy (non-hydrogen) atoms. The van der Waals surface area contributed by atoms with Crippen molar-refractivity contribution in [3.63, 3.8) is 0 Å². The van der Waals surface area contributed by atoms with Gasteiger partial charge in [0.2, 0.25) is 15.0 Å². The highest BCUT2D eigenvalue weighted by Gasteiger charge is 2.29. The van der Waals surface area contributed by atoms with Crippen LogP contribution in [-0.2, 0) is 22.6 Å². The highest BCUT2D eigenvalue weighted by atomic mass is 32.2. The minimum absolute atomic E-state index is 0.0359. The van der Waals surface area contributed by atoms with Gasteiger partial charge in [-0.2, -0.15) is 23.3 Å². The molecule has 1 N–H and O–H groups in total. The summed E-state index contributed by atoms with van der Waals surface area (Å²) in [5.74, 6) is -0.0813. The minimum atomic E-state index is -4.43. The van der Waals surface area contributed by atoms with E-state index in [9.17, 15) is 26.4 Å². The molecule has 1 aromatic carbocycles. The summed E-state index contributed by atoms with van der Waals surface area (Å²) in [5, 5.41) is 5.64. The van der Waals surface area contributed by atoms with Gasteiger partial charge in [0.15, 0.2) is 5.82 Å². The quantitative estimate of drug-likeness (QED) is 0.726. The van der Waals surface area contributed by atoms with E-state index in [1.165, 1.54) is 35.0 Å². The Hall–Kier alpha value is -2.95. The molecule has 0 saturated carbocycles. The van der Waals surface area contributed by atoms with Crippen LogP contribution >= 0.6 is 0 Å². The topological polar surface area (TPSA) is 97.7 Å². The summed E-state index contributed by atoms with van der Waals surface area (Å²) in [4.78, 5) is 16.4. The predicted octanol–water partition coefficient (Wildman–Crippen LogP) is 2.10. The van der Waals surface area contributed by atoms with Crippen molar-refractivity contribution in [3.05, 3.63) is 64.1 Å². The lowest BCUT2D eigenvalue weighted by Crippen LogP contribution is -2.21. The van der Waals surface area contributed by atoms with Gasteiger partial charge in [0.05, 0.1) is 17.7 Å². The van der Waals surface area contributed by atoms with Crippen LogP contribution < -0.4 is 5.56 Å². The number of alkyl halides is 3. The van der Waals surface area contributed by atoms with Crippen LogP contribution in [0.5, 0.6) is 0 Å². The van der Waals surface area contributed by atoms with Crippen molar-refractivity contribution in [1.29, 1.82) is 0 Å². The molecule has 0 bridgehead atoms. The summed E-state index contributed by atoms with van der Waals surface area (Å²) in [6.45, 7) is 0.0359. The average Bonchev–Trinajstić information content (AvgIpc) is 3.06. The summed E-state index contributed by atoms with van der Waals surface area (Å²) in [6, 6.07) is 7.43. The van der Waals surface area contributed by atoms with E-state index in [1.807, 2.05) is 0 Å². The van der Waals surface area contributed by atoms with Crippen LogP contribution in [-0.4, -0.2) is 34.4 Å². The molecule has 3 aromatic rings. The maximum Gasteiger partial charge on any atom is 0.416 e. The normalized spacial score (nSPS) is 12.3. The van der Waals surface area contributed by atoms with Crippen molar-refractivity contribution in [2.75, 3.05) is 6.26 Å². The molecule has 0 radical (unpaired) electrons. The predicted molar refractivity (Wildman–Crippen MR) is 89.7 cm³/mol. The minimum Gasteiger partial charge on any atom is -0.310 e. The van der Waals surface area contributed by atoms with Crippen molar-refractivity contribution < 1.29 is 21.6 Å². The average molecular weight is 398 g/mol. The molecule has 0 aliphatic heterocycles. The van der Waals surface area contributed by atoms with Crippen LogP contribution in [0.1, 0.15) is 11.1 Å². The Balaban J connectivity index is 1.92. The summed E-state index contributed by atoms with van der Waals surface area (Å²) < 4.78 is 62.1. The van der Waals surface area contributed by atoms with E-state index in [2.05, 4.69) is 15.2 Å². The lowest BCUT2D eigenvalue weighted by atomic mass is 10.1. The first-order valence-electron chi connectivity index (χ1n) is 7.54. The molecule has 0 spiro atoms. The molecule has 7 nitrogen and oxygen atoms in total. The molecule has 0 atom stereocenters. The van der Waals surface area contributed by atoms with Crippen LogP contribution in [0.2, 0.25) is 0 Å². The first kappa shape index (κ1) is 18.8. The zero-order valence-electron chi connectivity index (χ0n) is 13.9. The molecule has 0 fully saturated rings. The van der Waals surface area contributed by atoms with Crippen LogP contribution in [0.4, 0.5) is 13.2 Å². The third-order valence-corrected chi connectivity index (χ3v) is 4.60. The number of nitrogens with zero attached hydrogens (tertiary/aromatic N) is 3. The summed E-state index contributed by atoms with van der Waals surface area (Å²) in [6.07, 6.45) is -2.02. The van der Waals surface area contributed by atoms with Gasteiger partial charge in [-0.1, -0.05) is 12.1 Å². The molecular weight excluding hydrogens is 385 g/mol. The van der Waals surface area contributed by atoms with E-state index in [-0.39, 0.29) is 23.1 Å². The standard InChI is InChI=1S/C16H13F3N4O3S/c1-27(25,26)15-20-13(21-22-15)12-3-2-8-23(14(12)24)9-10-4-6-11(7-5-10)16(17,18)19/h2-8H,9H2,1H3,(H,20,21,22). The molecule has 0 amide bonds. The molecular formula is C16H13F3N4O3S. The number of pyridine rings is 1. The largest absolute Gasteiger partial charge is 0.416 e. The summed E-state index contributed by atoms with van der Waals surface area (Å²) in [7, 11) is -3.61. The number of halogens is 3. The Labute approximate surface area is 151 Å². The SMILES string of the molecule is CS(=O)(=O)c1nc(-c2cccn(Cc3ccc(C(F)(F)F)cc3)c2=O)n[nH]1. The third kappa shape index (κ3) is 4.08. The van der Waals surface area contributed by atoms with Crippen molar-refractivity contribution in [3.8, 4) is 11.4 Å². The maximum atomic E-state index is 12.6. The molecule has 11 heteroatoms. The van der Waals surface area contributed by atoms with Gasteiger partial charge in [0, 0.05) is 12.5 Å². The van der Waals surface area contributed by atoms with E-state index >= 15 is 0 Å². The van der Waals surface area contributed by atoms with Gasteiger partial charge in [-0.05, 0) is 29.8 Å². The molecule has 2 heterocycles. The van der Waals surface area contributed by atoms with Crippen molar-refractivity contribution in [2.45, 2.75) is 17.9 Å². The van der Waals surface area contributed by atoms with Gasteiger partial charge >= 0.3 is 6.18 Å². The van der Waals surface area contributed by atoms with E-state index < -0.39 is 27.1 Å². The van der Waals surface area contributed by atoms with Gasteiger partial charge in [-0.25, -0.2) is 13.5 Å². The van der Waals surface area contributed by atoms with Gasteiger partial charge < -0.3 is 4.57 Å². The Morgan fingerprint density at radius 2 is 1.81 bits per heavy atom. The lowest BCUT2D eigenvalue weighted by molar-refractivity contribution is -0.137. The molecule has 142 valence electrons. The second-order valence-corrected chi connectivity index (χ2v) is 7.72. The highest BCUT2D eigenvalue weighted by Crippen LogP contribution is 2.29. The number of sulfone groups is 1. The number of rotatable bonds is 4. The molecule has 3 rings (SSSR count). The fourth-order valence-corrected chi connectivity index (χ4v) is 2.82. The van der Waals surface area contributed by atoms with Crippen LogP contribution in [0.15, 0.2) is 52.5 Å². The second kappa shape index (κ2) is 6.65. The summed E-state index contributed by atoms with van der Waals surface area (Å²) >= 11 is 0. The van der Waals surface area contributed by atoms with E-state index in [0.717, 1.165) is 18.4 Å². The zero-order valence-corrected chi connectivity index (χ0v) is 14.7. The number of H-pyrrole nitrogens is 1. The van der Waals surface area contributed by atoms with Crippen molar-refractivity contribution in [1.82, 2.24) is 19.7 Å². The number of hydrogen-bond acceptors (Lipinski definition) is 5. The smallest absolute Gasteiger partial charge is 0.310 e. The molecule has 0 saturated heterocycles. The first-order valence-corrected chi connectivity index (χ1v) is 9.43. The van der Waals surface area contributed by atoms with Crippen LogP contribution in [0.25, 0.3) is 11.4 Å². The van der Waals surface area contributed by atoms with Crippen LogP contribution in [0.3, 0.4) is 0 Å². The molecule has 0 aliphatic carbocycles. The number of benzene rings is 1. The molecule has 2 aromatic heterocycles. The number of aromatic amines is 1.